The Hall–Kier alpha value is 0.180. The van der Waals surface area contributed by atoms with Gasteiger partial charge in [-0.25, -0.2) is 0 Å². The van der Waals surface area contributed by atoms with Crippen molar-refractivity contribution in [3.8, 4) is 0 Å². The van der Waals surface area contributed by atoms with Gasteiger partial charge in [-0.2, -0.15) is 0 Å². The van der Waals surface area contributed by atoms with Crippen LogP contribution in [0.2, 0.25) is 0 Å². The molecule has 13 heavy (non-hydrogen) atoms. The Kier molecular flexibility index (Phi) is 3.99. The molecule has 2 heteroatoms. The highest BCUT2D eigenvalue weighted by molar-refractivity contribution is 9.11. The van der Waals surface area contributed by atoms with Gasteiger partial charge < -0.3 is 5.32 Å². The van der Waals surface area contributed by atoms with Crippen molar-refractivity contribution in [2.75, 3.05) is 6.54 Å². The maximum atomic E-state index is 3.84. The molecule has 0 aromatic heterocycles. The zero-order chi connectivity index (χ0) is 9.90. The predicted molar refractivity (Wildman–Crippen MR) is 62.1 cm³/mol. The fraction of sp³-hybridized carbons (Fsp3) is 0.818. The largest absolute Gasteiger partial charge is 0.309 e. The lowest BCUT2D eigenvalue weighted by atomic mass is 9.73. The van der Waals surface area contributed by atoms with Gasteiger partial charge in [-0.3, -0.25) is 0 Å². The van der Waals surface area contributed by atoms with Crippen LogP contribution in [-0.2, 0) is 0 Å². The molecule has 0 spiro atoms. The predicted octanol–water partition coefficient (Wildman–Crippen LogP) is 3.45. The van der Waals surface area contributed by atoms with Crippen molar-refractivity contribution in [1.29, 1.82) is 0 Å². The van der Waals surface area contributed by atoms with Gasteiger partial charge >= 0.3 is 0 Å². The van der Waals surface area contributed by atoms with Crippen molar-refractivity contribution in [2.24, 2.45) is 5.41 Å². The quantitative estimate of drug-likeness (QED) is 0.804. The van der Waals surface area contributed by atoms with Crippen molar-refractivity contribution < 1.29 is 0 Å². The van der Waals surface area contributed by atoms with E-state index < -0.39 is 0 Å². The van der Waals surface area contributed by atoms with E-state index in [2.05, 4.69) is 41.7 Å². The Labute approximate surface area is 90.1 Å². The average Bonchev–Trinajstić information content (AvgIpc) is 2.01. The van der Waals surface area contributed by atoms with Gasteiger partial charge in [0.15, 0.2) is 0 Å². The molecule has 0 aliphatic heterocycles. The van der Waals surface area contributed by atoms with Crippen LogP contribution < -0.4 is 5.32 Å². The number of halogens is 1. The summed E-state index contributed by atoms with van der Waals surface area (Å²) in [5.41, 5.74) is 0.459. The fourth-order valence-corrected chi connectivity index (χ4v) is 2.27. The van der Waals surface area contributed by atoms with Gasteiger partial charge in [-0.1, -0.05) is 49.2 Å². The summed E-state index contributed by atoms with van der Waals surface area (Å²) in [6.45, 7) is 9.46. The first kappa shape index (κ1) is 11.3. The van der Waals surface area contributed by atoms with E-state index in [0.29, 0.717) is 11.5 Å². The van der Waals surface area contributed by atoms with Crippen LogP contribution in [0.25, 0.3) is 0 Å². The van der Waals surface area contributed by atoms with Gasteiger partial charge in [0.05, 0.1) is 0 Å². The van der Waals surface area contributed by atoms with E-state index in [1.807, 2.05) is 0 Å². The van der Waals surface area contributed by atoms with Crippen LogP contribution in [0.4, 0.5) is 0 Å². The summed E-state index contributed by atoms with van der Waals surface area (Å²) in [4.78, 5) is 0. The topological polar surface area (TPSA) is 12.0 Å². The SMILES string of the molecule is C=C(Br)CNC1CCCCC1(C)C. The molecule has 1 N–H and O–H groups in total. The lowest BCUT2D eigenvalue weighted by Gasteiger charge is -2.39. The van der Waals surface area contributed by atoms with Crippen molar-refractivity contribution in [3.05, 3.63) is 11.1 Å². The van der Waals surface area contributed by atoms with Crippen molar-refractivity contribution in [3.63, 3.8) is 0 Å². The van der Waals surface area contributed by atoms with E-state index in [4.69, 9.17) is 0 Å². The second kappa shape index (κ2) is 4.61. The van der Waals surface area contributed by atoms with Crippen LogP contribution in [0, 0.1) is 5.41 Å². The maximum Gasteiger partial charge on any atom is 0.0268 e. The van der Waals surface area contributed by atoms with Crippen molar-refractivity contribution in [2.45, 2.75) is 45.6 Å². The molecule has 1 saturated carbocycles. The van der Waals surface area contributed by atoms with E-state index in [9.17, 15) is 0 Å². The number of hydrogen-bond acceptors (Lipinski definition) is 1. The number of nitrogens with one attached hydrogen (secondary N) is 1. The van der Waals surface area contributed by atoms with Crippen molar-refractivity contribution in [1.82, 2.24) is 5.32 Å². The molecule has 1 atom stereocenters. The van der Waals surface area contributed by atoms with Gasteiger partial charge in [-0.15, -0.1) is 0 Å². The van der Waals surface area contributed by atoms with Crippen LogP contribution in [0.1, 0.15) is 39.5 Å². The average molecular weight is 246 g/mol. The van der Waals surface area contributed by atoms with E-state index in [-0.39, 0.29) is 0 Å². The normalized spacial score (nSPS) is 27.2. The molecular weight excluding hydrogens is 226 g/mol. The second-order valence-electron chi connectivity index (χ2n) is 4.69. The summed E-state index contributed by atoms with van der Waals surface area (Å²) in [5.74, 6) is 0. The van der Waals surface area contributed by atoms with Crippen LogP contribution in [0.3, 0.4) is 0 Å². The Balaban J connectivity index is 2.41. The molecule has 1 aliphatic carbocycles. The van der Waals surface area contributed by atoms with Crippen LogP contribution in [0.15, 0.2) is 11.1 Å². The lowest BCUT2D eigenvalue weighted by Crippen LogP contribution is -2.44. The van der Waals surface area contributed by atoms with Gasteiger partial charge in [0.1, 0.15) is 0 Å². The molecule has 0 amide bonds. The molecule has 1 nitrogen and oxygen atoms in total. The van der Waals surface area contributed by atoms with Gasteiger partial charge in [-0.05, 0) is 18.3 Å². The molecule has 1 unspecified atom stereocenters. The van der Waals surface area contributed by atoms with Gasteiger partial charge in [0.2, 0.25) is 0 Å². The molecule has 1 fully saturated rings. The summed E-state index contributed by atoms with van der Waals surface area (Å²) < 4.78 is 1.05. The molecule has 0 aromatic carbocycles. The van der Waals surface area contributed by atoms with E-state index >= 15 is 0 Å². The minimum atomic E-state index is 0.459. The van der Waals surface area contributed by atoms with Crippen LogP contribution in [0.5, 0.6) is 0 Å². The fourth-order valence-electron chi connectivity index (χ4n) is 2.11. The smallest absolute Gasteiger partial charge is 0.0268 e. The summed E-state index contributed by atoms with van der Waals surface area (Å²) in [6.07, 6.45) is 5.42. The Bertz CT molecular complexity index is 187. The second-order valence-corrected chi connectivity index (χ2v) is 5.81. The number of hydrogen-bond donors (Lipinski definition) is 1. The van der Waals surface area contributed by atoms with E-state index in [1.54, 1.807) is 0 Å². The highest BCUT2D eigenvalue weighted by atomic mass is 79.9. The summed E-state index contributed by atoms with van der Waals surface area (Å²) in [7, 11) is 0. The summed E-state index contributed by atoms with van der Waals surface area (Å²) in [5, 5.41) is 3.56. The van der Waals surface area contributed by atoms with Crippen LogP contribution >= 0.6 is 15.9 Å². The first-order chi connectivity index (χ1) is 6.02. The molecule has 0 radical (unpaired) electrons. The molecule has 0 saturated heterocycles. The Morgan fingerprint density at radius 1 is 1.54 bits per heavy atom. The Morgan fingerprint density at radius 3 is 2.77 bits per heavy atom. The molecule has 0 bridgehead atoms. The van der Waals surface area contributed by atoms with Crippen LogP contribution in [-0.4, -0.2) is 12.6 Å². The lowest BCUT2D eigenvalue weighted by molar-refractivity contribution is 0.172. The third kappa shape index (κ3) is 3.43. The Morgan fingerprint density at radius 2 is 2.23 bits per heavy atom. The molecule has 0 aromatic rings. The molecule has 76 valence electrons. The first-order valence-electron chi connectivity index (χ1n) is 5.09. The minimum absolute atomic E-state index is 0.459. The summed E-state index contributed by atoms with van der Waals surface area (Å²) in [6, 6.07) is 0.663. The van der Waals surface area contributed by atoms with Gasteiger partial charge in [0, 0.05) is 17.1 Å². The highest BCUT2D eigenvalue weighted by Crippen LogP contribution is 2.35. The molecule has 1 rings (SSSR count). The van der Waals surface area contributed by atoms with E-state index in [1.165, 1.54) is 25.7 Å². The third-order valence-electron chi connectivity index (χ3n) is 3.05. The highest BCUT2D eigenvalue weighted by Gasteiger charge is 2.31. The monoisotopic (exact) mass is 245 g/mol. The first-order valence-corrected chi connectivity index (χ1v) is 5.88. The number of rotatable bonds is 3. The van der Waals surface area contributed by atoms with E-state index in [0.717, 1.165) is 11.0 Å². The zero-order valence-corrected chi connectivity index (χ0v) is 10.3. The molecule has 0 heterocycles. The van der Waals surface area contributed by atoms with Gasteiger partial charge in [0.25, 0.3) is 0 Å². The zero-order valence-electron chi connectivity index (χ0n) is 8.70. The minimum Gasteiger partial charge on any atom is -0.309 e. The third-order valence-corrected chi connectivity index (χ3v) is 3.33. The van der Waals surface area contributed by atoms with Crippen molar-refractivity contribution >= 4 is 15.9 Å². The maximum absolute atomic E-state index is 3.84. The molecule has 1 aliphatic rings. The molecular formula is C11H20BrN. The standard InChI is InChI=1S/C11H20BrN/c1-9(12)8-13-10-6-4-5-7-11(10,2)3/h10,13H,1,4-8H2,2-3H3. The summed E-state index contributed by atoms with van der Waals surface area (Å²) >= 11 is 3.38.